The minimum atomic E-state index is -0.452. The van der Waals surface area contributed by atoms with E-state index in [2.05, 4.69) is 17.3 Å². The molecule has 0 aliphatic heterocycles. The smallest absolute Gasteiger partial charge is 0.241 e. The van der Waals surface area contributed by atoms with Crippen LogP contribution in [0.25, 0.3) is 0 Å². The van der Waals surface area contributed by atoms with Crippen LogP contribution >= 0.6 is 0 Å². The van der Waals surface area contributed by atoms with Crippen molar-refractivity contribution in [2.75, 3.05) is 19.0 Å². The van der Waals surface area contributed by atoms with E-state index in [4.69, 9.17) is 10.5 Å². The predicted octanol–water partition coefficient (Wildman–Crippen LogP) is 0.985. The summed E-state index contributed by atoms with van der Waals surface area (Å²) >= 11 is 0. The van der Waals surface area contributed by atoms with Crippen molar-refractivity contribution in [3.63, 3.8) is 0 Å². The first-order valence-corrected chi connectivity index (χ1v) is 6.25. The molecule has 1 aromatic rings. The van der Waals surface area contributed by atoms with Gasteiger partial charge >= 0.3 is 0 Å². The summed E-state index contributed by atoms with van der Waals surface area (Å²) in [6, 6.07) is -0.452. The van der Waals surface area contributed by atoms with E-state index in [0.717, 1.165) is 12.8 Å². The summed E-state index contributed by atoms with van der Waals surface area (Å²) in [5, 5.41) is 6.87. The number of hydrogen-bond acceptors (Lipinski definition) is 4. The zero-order valence-electron chi connectivity index (χ0n) is 11.1. The molecule has 102 valence electrons. The lowest BCUT2D eigenvalue weighted by Gasteiger charge is -2.10. The molecule has 1 amide bonds. The molecule has 0 aromatic carbocycles. The molecule has 0 aliphatic carbocycles. The van der Waals surface area contributed by atoms with Gasteiger partial charge in [-0.1, -0.05) is 19.8 Å². The molecule has 1 heterocycles. The summed E-state index contributed by atoms with van der Waals surface area (Å²) in [5.74, 6) is -0.158. The molecular formula is C12H22N4O2. The monoisotopic (exact) mass is 254 g/mol. The van der Waals surface area contributed by atoms with Gasteiger partial charge in [-0.05, 0) is 6.42 Å². The summed E-state index contributed by atoms with van der Waals surface area (Å²) in [6.07, 6.45) is 6.08. The Morgan fingerprint density at radius 3 is 3.11 bits per heavy atom. The Kier molecular flexibility index (Phi) is 6.38. The Bertz CT molecular complexity index is 365. The maximum atomic E-state index is 11.7. The molecule has 0 fully saturated rings. The number of amides is 1. The highest BCUT2D eigenvalue weighted by Crippen LogP contribution is 2.07. The highest BCUT2D eigenvalue weighted by atomic mass is 16.5. The maximum absolute atomic E-state index is 11.7. The van der Waals surface area contributed by atoms with E-state index in [1.807, 2.05) is 0 Å². The van der Waals surface area contributed by atoms with Crippen LogP contribution in [0, 0.1) is 0 Å². The first kappa shape index (κ1) is 14.7. The Morgan fingerprint density at radius 1 is 1.67 bits per heavy atom. The number of aromatic nitrogens is 2. The number of methoxy groups -OCH3 is 1. The van der Waals surface area contributed by atoms with Crippen molar-refractivity contribution >= 4 is 11.6 Å². The van der Waals surface area contributed by atoms with Crippen LogP contribution in [0.5, 0.6) is 0 Å². The Morgan fingerprint density at radius 2 is 2.44 bits per heavy atom. The molecule has 18 heavy (non-hydrogen) atoms. The van der Waals surface area contributed by atoms with Gasteiger partial charge in [0, 0.05) is 13.3 Å². The zero-order valence-corrected chi connectivity index (χ0v) is 11.1. The van der Waals surface area contributed by atoms with Gasteiger partial charge in [0.15, 0.2) is 0 Å². The molecule has 1 unspecified atom stereocenters. The van der Waals surface area contributed by atoms with Crippen LogP contribution in [-0.2, 0) is 16.1 Å². The molecule has 0 saturated carbocycles. The number of nitrogens with zero attached hydrogens (tertiary/aromatic N) is 2. The van der Waals surface area contributed by atoms with Crippen molar-refractivity contribution in [1.29, 1.82) is 0 Å². The van der Waals surface area contributed by atoms with Crippen LogP contribution in [0.15, 0.2) is 12.4 Å². The van der Waals surface area contributed by atoms with Gasteiger partial charge in [-0.2, -0.15) is 5.10 Å². The average molecular weight is 254 g/mol. The fourth-order valence-electron chi connectivity index (χ4n) is 1.53. The van der Waals surface area contributed by atoms with Crippen LogP contribution in [-0.4, -0.2) is 35.4 Å². The van der Waals surface area contributed by atoms with E-state index < -0.39 is 6.04 Å². The van der Waals surface area contributed by atoms with Gasteiger partial charge in [0.2, 0.25) is 5.91 Å². The second-order valence-corrected chi connectivity index (χ2v) is 4.22. The minimum Gasteiger partial charge on any atom is -0.383 e. The quantitative estimate of drug-likeness (QED) is 0.724. The van der Waals surface area contributed by atoms with Gasteiger partial charge in [-0.25, -0.2) is 0 Å². The Balaban J connectivity index is 2.41. The first-order valence-electron chi connectivity index (χ1n) is 6.25. The van der Waals surface area contributed by atoms with E-state index in [1.54, 1.807) is 24.2 Å². The van der Waals surface area contributed by atoms with Crippen LogP contribution in [0.4, 0.5) is 5.69 Å². The van der Waals surface area contributed by atoms with Crippen molar-refractivity contribution in [3.8, 4) is 0 Å². The molecule has 1 atom stereocenters. The van der Waals surface area contributed by atoms with Gasteiger partial charge in [0.1, 0.15) is 0 Å². The van der Waals surface area contributed by atoms with E-state index in [-0.39, 0.29) is 5.91 Å². The van der Waals surface area contributed by atoms with Gasteiger partial charge in [-0.15, -0.1) is 0 Å². The second kappa shape index (κ2) is 7.84. The lowest BCUT2D eigenvalue weighted by Crippen LogP contribution is -2.35. The number of carbonyl (C=O) groups excluding carboxylic acids is 1. The summed E-state index contributed by atoms with van der Waals surface area (Å²) in [6.45, 7) is 3.32. The summed E-state index contributed by atoms with van der Waals surface area (Å²) < 4.78 is 6.67. The number of unbranched alkanes of at least 4 members (excludes halogenated alkanes) is 1. The van der Waals surface area contributed by atoms with E-state index in [0.29, 0.717) is 25.3 Å². The molecule has 0 bridgehead atoms. The van der Waals surface area contributed by atoms with Crippen LogP contribution in [0.1, 0.15) is 26.2 Å². The van der Waals surface area contributed by atoms with Crippen LogP contribution < -0.4 is 11.1 Å². The molecule has 0 spiro atoms. The molecule has 1 rings (SSSR count). The number of rotatable bonds is 8. The first-order chi connectivity index (χ1) is 8.67. The molecule has 0 aliphatic rings. The fourth-order valence-corrected chi connectivity index (χ4v) is 1.53. The average Bonchev–Trinajstić information content (AvgIpc) is 2.80. The highest BCUT2D eigenvalue weighted by Gasteiger charge is 2.13. The standard InChI is InChI=1S/C12H22N4O2/c1-3-4-5-11(13)12(17)15-10-8-14-16(9-10)6-7-18-2/h8-9,11H,3-7,13H2,1-2H3,(H,15,17). The van der Waals surface area contributed by atoms with Crippen molar-refractivity contribution in [3.05, 3.63) is 12.4 Å². The predicted molar refractivity (Wildman–Crippen MR) is 70.2 cm³/mol. The summed E-state index contributed by atoms with van der Waals surface area (Å²) in [4.78, 5) is 11.7. The molecule has 6 heteroatoms. The van der Waals surface area contributed by atoms with E-state index in [1.165, 1.54) is 0 Å². The second-order valence-electron chi connectivity index (χ2n) is 4.22. The third-order valence-electron chi connectivity index (χ3n) is 2.63. The highest BCUT2D eigenvalue weighted by molar-refractivity contribution is 5.94. The van der Waals surface area contributed by atoms with Crippen molar-refractivity contribution in [1.82, 2.24) is 9.78 Å². The zero-order chi connectivity index (χ0) is 13.4. The van der Waals surface area contributed by atoms with Gasteiger partial charge in [0.05, 0.1) is 31.1 Å². The number of hydrogen-bond donors (Lipinski definition) is 2. The van der Waals surface area contributed by atoms with Crippen LogP contribution in [0.2, 0.25) is 0 Å². The third kappa shape index (κ3) is 4.85. The molecule has 3 N–H and O–H groups in total. The molecular weight excluding hydrogens is 232 g/mol. The fraction of sp³-hybridized carbons (Fsp3) is 0.667. The largest absolute Gasteiger partial charge is 0.383 e. The normalized spacial score (nSPS) is 12.4. The van der Waals surface area contributed by atoms with Gasteiger partial charge in [-0.3, -0.25) is 9.48 Å². The van der Waals surface area contributed by atoms with Crippen molar-refractivity contribution < 1.29 is 9.53 Å². The van der Waals surface area contributed by atoms with Gasteiger partial charge < -0.3 is 15.8 Å². The number of anilines is 1. The Hall–Kier alpha value is -1.40. The number of ether oxygens (including phenoxy) is 1. The number of carbonyl (C=O) groups is 1. The molecule has 1 aromatic heterocycles. The Labute approximate surface area is 107 Å². The van der Waals surface area contributed by atoms with Gasteiger partial charge in [0.25, 0.3) is 0 Å². The number of nitrogens with one attached hydrogen (secondary N) is 1. The third-order valence-corrected chi connectivity index (χ3v) is 2.63. The topological polar surface area (TPSA) is 82.2 Å². The van der Waals surface area contributed by atoms with E-state index >= 15 is 0 Å². The lowest BCUT2D eigenvalue weighted by molar-refractivity contribution is -0.117. The summed E-state index contributed by atoms with van der Waals surface area (Å²) in [7, 11) is 1.64. The summed E-state index contributed by atoms with van der Waals surface area (Å²) in [5.41, 5.74) is 6.45. The maximum Gasteiger partial charge on any atom is 0.241 e. The SMILES string of the molecule is CCCCC(N)C(=O)Nc1cnn(CCOC)c1. The number of nitrogens with two attached hydrogens (primary N) is 1. The van der Waals surface area contributed by atoms with Crippen molar-refractivity contribution in [2.24, 2.45) is 5.73 Å². The van der Waals surface area contributed by atoms with E-state index in [9.17, 15) is 4.79 Å². The molecule has 0 saturated heterocycles. The molecule has 6 nitrogen and oxygen atoms in total. The van der Waals surface area contributed by atoms with Crippen molar-refractivity contribution in [2.45, 2.75) is 38.8 Å². The molecule has 0 radical (unpaired) electrons. The lowest BCUT2D eigenvalue weighted by atomic mass is 10.1. The minimum absolute atomic E-state index is 0.158. The van der Waals surface area contributed by atoms with Crippen LogP contribution in [0.3, 0.4) is 0 Å².